The summed E-state index contributed by atoms with van der Waals surface area (Å²) in [6.07, 6.45) is 6.55. The summed E-state index contributed by atoms with van der Waals surface area (Å²) in [5.74, 6) is 0.727. The SMILES string of the molecule is C=C(N=CC/C=C\c1sc(C(=O)N2CCNCC2)cc1CN)N[C@H](C)c1ccccc1. The molecular formula is C24H31N5OS. The van der Waals surface area contributed by atoms with Crippen molar-refractivity contribution < 1.29 is 4.79 Å². The Balaban J connectivity index is 1.52. The molecule has 4 N–H and O–H groups in total. The van der Waals surface area contributed by atoms with E-state index in [2.05, 4.69) is 41.3 Å². The van der Waals surface area contributed by atoms with Crippen molar-refractivity contribution in [1.82, 2.24) is 15.5 Å². The van der Waals surface area contributed by atoms with E-state index >= 15 is 0 Å². The van der Waals surface area contributed by atoms with Gasteiger partial charge in [0.15, 0.2) is 0 Å². The zero-order valence-electron chi connectivity index (χ0n) is 18.0. The quantitative estimate of drug-likeness (QED) is 0.524. The number of thiophene rings is 1. The number of amides is 1. The summed E-state index contributed by atoms with van der Waals surface area (Å²) >= 11 is 1.50. The van der Waals surface area contributed by atoms with E-state index in [1.807, 2.05) is 47.5 Å². The van der Waals surface area contributed by atoms with Crippen LogP contribution in [0.25, 0.3) is 6.08 Å². The lowest BCUT2D eigenvalue weighted by atomic mass is 10.1. The number of hydrogen-bond donors (Lipinski definition) is 3. The number of carbonyl (C=O) groups is 1. The van der Waals surface area contributed by atoms with Crippen molar-refractivity contribution in [2.75, 3.05) is 26.2 Å². The maximum absolute atomic E-state index is 12.7. The summed E-state index contributed by atoms with van der Waals surface area (Å²) in [6, 6.07) is 12.3. The number of benzene rings is 1. The van der Waals surface area contributed by atoms with Gasteiger partial charge in [-0.2, -0.15) is 0 Å². The van der Waals surface area contributed by atoms with Crippen LogP contribution in [0, 0.1) is 0 Å². The van der Waals surface area contributed by atoms with E-state index < -0.39 is 0 Å². The van der Waals surface area contributed by atoms with Crippen LogP contribution in [0.15, 0.2) is 59.9 Å². The number of hydrogen-bond acceptors (Lipinski definition) is 6. The maximum Gasteiger partial charge on any atom is 0.264 e. The smallest absolute Gasteiger partial charge is 0.264 e. The highest BCUT2D eigenvalue weighted by molar-refractivity contribution is 7.15. The van der Waals surface area contributed by atoms with Crippen LogP contribution in [0.3, 0.4) is 0 Å². The Bertz CT molecular complexity index is 929. The van der Waals surface area contributed by atoms with E-state index in [4.69, 9.17) is 5.73 Å². The van der Waals surface area contributed by atoms with Crippen LogP contribution in [0.5, 0.6) is 0 Å². The third kappa shape index (κ3) is 6.62. The van der Waals surface area contributed by atoms with Crippen molar-refractivity contribution in [3.8, 4) is 0 Å². The normalized spacial score (nSPS) is 15.5. The van der Waals surface area contributed by atoms with Gasteiger partial charge >= 0.3 is 0 Å². The number of nitrogens with zero attached hydrogens (tertiary/aromatic N) is 2. The van der Waals surface area contributed by atoms with E-state index in [1.165, 1.54) is 16.9 Å². The lowest BCUT2D eigenvalue weighted by Gasteiger charge is -2.26. The van der Waals surface area contributed by atoms with E-state index in [1.54, 1.807) is 0 Å². The molecule has 2 heterocycles. The van der Waals surface area contributed by atoms with Gasteiger partial charge in [-0.15, -0.1) is 11.3 Å². The Labute approximate surface area is 188 Å². The number of piperazine rings is 1. The lowest BCUT2D eigenvalue weighted by Crippen LogP contribution is -2.46. The van der Waals surface area contributed by atoms with Crippen LogP contribution < -0.4 is 16.4 Å². The van der Waals surface area contributed by atoms with Crippen LogP contribution in [0.1, 0.15) is 45.1 Å². The van der Waals surface area contributed by atoms with Gasteiger partial charge < -0.3 is 21.3 Å². The molecule has 1 aliphatic rings. The molecule has 1 fully saturated rings. The highest BCUT2D eigenvalue weighted by Gasteiger charge is 2.20. The zero-order valence-corrected chi connectivity index (χ0v) is 18.8. The predicted octanol–water partition coefficient (Wildman–Crippen LogP) is 3.55. The fourth-order valence-corrected chi connectivity index (χ4v) is 4.48. The molecule has 7 heteroatoms. The monoisotopic (exact) mass is 437 g/mol. The summed E-state index contributed by atoms with van der Waals surface area (Å²) in [4.78, 5) is 20.8. The number of aliphatic imine (C=N–C) groups is 1. The fraction of sp³-hybridized carbons (Fsp3) is 0.333. The van der Waals surface area contributed by atoms with Gasteiger partial charge in [0, 0.05) is 56.3 Å². The second kappa shape index (κ2) is 11.6. The van der Waals surface area contributed by atoms with Crippen LogP contribution in [0.4, 0.5) is 0 Å². The van der Waals surface area contributed by atoms with Gasteiger partial charge in [-0.25, -0.2) is 4.99 Å². The molecule has 0 unspecified atom stereocenters. The van der Waals surface area contributed by atoms with Gasteiger partial charge in [-0.05, 0) is 30.2 Å². The standard InChI is InChI=1S/C24H31N5OS/c1-18(20-8-4-3-5-9-20)28-19(2)27-11-7-6-10-22-21(17-25)16-23(31-22)24(30)29-14-12-26-13-15-29/h3-6,8-11,16,18,26,28H,2,7,12-15,17,25H2,1H3/b10-6-,27-11?/t18-/m1/s1. The molecule has 1 atom stereocenters. The molecule has 0 bridgehead atoms. The van der Waals surface area contributed by atoms with Gasteiger partial charge in [0.05, 0.1) is 4.88 Å². The Hall–Kier alpha value is -2.74. The predicted molar refractivity (Wildman–Crippen MR) is 130 cm³/mol. The molecule has 1 aromatic carbocycles. The molecule has 164 valence electrons. The molecule has 1 aromatic heterocycles. The van der Waals surface area contributed by atoms with Crippen molar-refractivity contribution >= 4 is 29.5 Å². The van der Waals surface area contributed by atoms with Gasteiger partial charge in [0.1, 0.15) is 5.82 Å². The molecule has 0 saturated carbocycles. The molecular weight excluding hydrogens is 406 g/mol. The molecule has 3 rings (SSSR count). The minimum Gasteiger partial charge on any atom is -0.364 e. The molecule has 31 heavy (non-hydrogen) atoms. The van der Waals surface area contributed by atoms with Crippen molar-refractivity contribution in [2.24, 2.45) is 10.7 Å². The number of rotatable bonds is 9. The third-order valence-corrected chi connectivity index (χ3v) is 6.25. The Kier molecular flexibility index (Phi) is 8.58. The lowest BCUT2D eigenvalue weighted by molar-refractivity contribution is 0.0740. The Morgan fingerprint density at radius 2 is 2.10 bits per heavy atom. The van der Waals surface area contributed by atoms with E-state index in [0.29, 0.717) is 18.8 Å². The first kappa shape index (κ1) is 22.9. The number of allylic oxidation sites excluding steroid dienone is 1. The average molecular weight is 438 g/mol. The topological polar surface area (TPSA) is 82.8 Å². The third-order valence-electron chi connectivity index (χ3n) is 5.12. The molecule has 1 saturated heterocycles. The van der Waals surface area contributed by atoms with E-state index in [-0.39, 0.29) is 11.9 Å². The van der Waals surface area contributed by atoms with Crippen molar-refractivity contribution in [3.63, 3.8) is 0 Å². The highest BCUT2D eigenvalue weighted by atomic mass is 32.1. The minimum atomic E-state index is 0.0947. The fourth-order valence-electron chi connectivity index (χ4n) is 3.38. The Morgan fingerprint density at radius 3 is 2.81 bits per heavy atom. The maximum atomic E-state index is 12.7. The second-order valence-corrected chi connectivity index (χ2v) is 8.50. The van der Waals surface area contributed by atoms with Crippen LogP contribution in [0.2, 0.25) is 0 Å². The molecule has 0 radical (unpaired) electrons. The number of nitrogens with one attached hydrogen (secondary N) is 2. The molecule has 0 aliphatic carbocycles. The first-order valence-electron chi connectivity index (χ1n) is 10.6. The van der Waals surface area contributed by atoms with Gasteiger partial charge in [0.2, 0.25) is 0 Å². The van der Waals surface area contributed by atoms with Crippen LogP contribution in [-0.2, 0) is 6.54 Å². The second-order valence-electron chi connectivity index (χ2n) is 7.42. The average Bonchev–Trinajstić information content (AvgIpc) is 3.22. The summed E-state index contributed by atoms with van der Waals surface area (Å²) in [5, 5.41) is 6.56. The van der Waals surface area contributed by atoms with Crippen molar-refractivity contribution in [2.45, 2.75) is 25.9 Å². The summed E-state index contributed by atoms with van der Waals surface area (Å²) in [5.41, 5.74) is 8.09. The minimum absolute atomic E-state index is 0.0947. The molecule has 6 nitrogen and oxygen atoms in total. The zero-order chi connectivity index (χ0) is 22.1. The first-order chi connectivity index (χ1) is 15.1. The summed E-state index contributed by atoms with van der Waals surface area (Å²) in [6.45, 7) is 9.66. The van der Waals surface area contributed by atoms with E-state index in [9.17, 15) is 4.79 Å². The van der Waals surface area contributed by atoms with Crippen LogP contribution >= 0.6 is 11.3 Å². The summed E-state index contributed by atoms with van der Waals surface area (Å²) < 4.78 is 0. The molecule has 2 aromatic rings. The molecule has 1 aliphatic heterocycles. The van der Waals surface area contributed by atoms with Crippen molar-refractivity contribution in [3.05, 3.63) is 75.8 Å². The first-order valence-corrected chi connectivity index (χ1v) is 11.4. The Morgan fingerprint density at radius 1 is 1.35 bits per heavy atom. The van der Waals surface area contributed by atoms with Gasteiger partial charge in [-0.3, -0.25) is 4.79 Å². The molecule has 1 amide bonds. The van der Waals surface area contributed by atoms with E-state index in [0.717, 1.165) is 41.5 Å². The molecule has 0 spiro atoms. The summed E-state index contributed by atoms with van der Waals surface area (Å²) in [7, 11) is 0. The van der Waals surface area contributed by atoms with Gasteiger partial charge in [0.25, 0.3) is 5.91 Å². The van der Waals surface area contributed by atoms with Gasteiger partial charge in [-0.1, -0.05) is 43.0 Å². The number of nitrogens with two attached hydrogens (primary N) is 1. The highest BCUT2D eigenvalue weighted by Crippen LogP contribution is 2.25. The number of carbonyl (C=O) groups excluding carboxylic acids is 1. The van der Waals surface area contributed by atoms with Crippen molar-refractivity contribution in [1.29, 1.82) is 0 Å². The largest absolute Gasteiger partial charge is 0.364 e. The van der Waals surface area contributed by atoms with Crippen LogP contribution in [-0.4, -0.2) is 43.2 Å².